The van der Waals surface area contributed by atoms with E-state index in [1.165, 1.54) is 11.5 Å². The number of aryl methyl sites for hydroxylation is 1. The summed E-state index contributed by atoms with van der Waals surface area (Å²) in [5.41, 5.74) is 1.04. The van der Waals surface area contributed by atoms with E-state index in [0.29, 0.717) is 6.54 Å². The van der Waals surface area contributed by atoms with Gasteiger partial charge in [-0.2, -0.15) is 4.37 Å². The number of anilines is 2. The molecule has 11 heteroatoms. The highest BCUT2D eigenvalue weighted by Crippen LogP contribution is 2.20. The maximum Gasteiger partial charge on any atom is 0.205 e. The highest BCUT2D eigenvalue weighted by atomic mass is 127. The van der Waals surface area contributed by atoms with Gasteiger partial charge in [-0.1, -0.05) is 6.92 Å². The summed E-state index contributed by atoms with van der Waals surface area (Å²) in [4.78, 5) is 20.3. The predicted molar refractivity (Wildman–Crippen MR) is 125 cm³/mol. The summed E-state index contributed by atoms with van der Waals surface area (Å²) in [6, 6.07) is 0. The lowest BCUT2D eigenvalue weighted by atomic mass is 10.3. The molecule has 0 saturated carbocycles. The van der Waals surface area contributed by atoms with E-state index in [2.05, 4.69) is 46.8 Å². The molecule has 0 unspecified atom stereocenters. The van der Waals surface area contributed by atoms with E-state index < -0.39 is 0 Å². The first-order valence-electron chi connectivity index (χ1n) is 8.75. The molecule has 3 rings (SSSR count). The fourth-order valence-electron chi connectivity index (χ4n) is 2.71. The predicted octanol–water partition coefficient (Wildman–Crippen LogP) is 2.14. The normalized spacial score (nSPS) is 14.9. The minimum absolute atomic E-state index is 0. The zero-order chi connectivity index (χ0) is 18.5. The lowest BCUT2D eigenvalue weighted by Crippen LogP contribution is -2.52. The number of halogens is 1. The number of guanidine groups is 1. The Morgan fingerprint density at radius 2 is 2.00 bits per heavy atom. The van der Waals surface area contributed by atoms with Crippen LogP contribution in [-0.4, -0.2) is 72.5 Å². The molecule has 27 heavy (non-hydrogen) atoms. The zero-order valence-corrected chi connectivity index (χ0v) is 20.1. The summed E-state index contributed by atoms with van der Waals surface area (Å²) < 4.78 is 4.39. The van der Waals surface area contributed by atoms with E-state index in [-0.39, 0.29) is 24.0 Å². The Morgan fingerprint density at radius 3 is 2.56 bits per heavy atom. The van der Waals surface area contributed by atoms with E-state index in [0.717, 1.165) is 60.3 Å². The number of nitrogens with zero attached hydrogens (tertiary/aromatic N) is 7. The first kappa shape index (κ1) is 22.1. The van der Waals surface area contributed by atoms with E-state index in [4.69, 9.17) is 0 Å². The molecule has 150 valence electrons. The minimum Gasteiger partial charge on any atom is -0.354 e. The fraction of sp³-hybridized carbons (Fsp3) is 0.625. The molecule has 0 amide bonds. The van der Waals surface area contributed by atoms with Gasteiger partial charge in [0.25, 0.3) is 0 Å². The maximum absolute atomic E-state index is 4.61. The lowest BCUT2D eigenvalue weighted by Gasteiger charge is -2.36. The van der Waals surface area contributed by atoms with Gasteiger partial charge >= 0.3 is 0 Å². The van der Waals surface area contributed by atoms with Gasteiger partial charge in [0.2, 0.25) is 5.13 Å². The molecule has 1 N–H and O–H groups in total. The molecule has 0 radical (unpaired) electrons. The summed E-state index contributed by atoms with van der Waals surface area (Å²) in [6.45, 7) is 6.47. The molecule has 1 fully saturated rings. The van der Waals surface area contributed by atoms with Gasteiger partial charge < -0.3 is 20.0 Å². The van der Waals surface area contributed by atoms with Gasteiger partial charge in [-0.3, -0.25) is 4.99 Å². The Balaban J connectivity index is 0.00000261. The van der Waals surface area contributed by atoms with E-state index >= 15 is 0 Å². The second-order valence-corrected chi connectivity index (χ2v) is 7.80. The molecule has 1 aliphatic rings. The SMILES string of the molecule is CCc1nsc(N2CCN(C(=NC)NCc3csc(N(C)C)n3)CC2)n1.I. The van der Waals surface area contributed by atoms with E-state index in [9.17, 15) is 0 Å². The second kappa shape index (κ2) is 10.4. The highest BCUT2D eigenvalue weighted by Gasteiger charge is 2.22. The van der Waals surface area contributed by atoms with Gasteiger partial charge in [-0.15, -0.1) is 35.3 Å². The molecule has 3 heterocycles. The van der Waals surface area contributed by atoms with E-state index in [1.54, 1.807) is 11.3 Å². The zero-order valence-electron chi connectivity index (χ0n) is 16.2. The Kier molecular flexibility index (Phi) is 8.48. The molecule has 0 aromatic carbocycles. The van der Waals surface area contributed by atoms with Gasteiger partial charge in [-0.05, 0) is 0 Å². The van der Waals surface area contributed by atoms with Crippen LogP contribution in [0.3, 0.4) is 0 Å². The smallest absolute Gasteiger partial charge is 0.205 e. The summed E-state index contributed by atoms with van der Waals surface area (Å²) in [5.74, 6) is 1.86. The third kappa shape index (κ3) is 5.64. The first-order valence-corrected chi connectivity index (χ1v) is 10.4. The number of aromatic nitrogens is 3. The quantitative estimate of drug-likeness (QED) is 0.367. The minimum atomic E-state index is 0. The second-order valence-electron chi connectivity index (χ2n) is 6.24. The van der Waals surface area contributed by atoms with Crippen LogP contribution in [0.1, 0.15) is 18.4 Å². The van der Waals surface area contributed by atoms with Crippen LogP contribution in [0.25, 0.3) is 0 Å². The van der Waals surface area contributed by atoms with Crippen LogP contribution in [0.2, 0.25) is 0 Å². The van der Waals surface area contributed by atoms with Crippen molar-refractivity contribution in [1.82, 2.24) is 24.6 Å². The topological polar surface area (TPSA) is 72.8 Å². The van der Waals surface area contributed by atoms with Gasteiger partial charge in [0, 0.05) is 70.7 Å². The Morgan fingerprint density at radius 1 is 1.26 bits per heavy atom. The van der Waals surface area contributed by atoms with Crippen molar-refractivity contribution in [1.29, 1.82) is 0 Å². The van der Waals surface area contributed by atoms with Crippen LogP contribution in [0, 0.1) is 0 Å². The standard InChI is InChI=1S/C16H26N8S2.HI/c1-5-13-20-16(26-21-13)24-8-6-23(7-9-24)14(17-2)18-10-12-11-25-15(19-12)22(3)4;/h11H,5-10H2,1-4H3,(H,17,18);1H. The number of thiazole rings is 1. The Labute approximate surface area is 185 Å². The third-order valence-corrected chi connectivity index (χ3v) is 6.06. The van der Waals surface area contributed by atoms with Crippen molar-refractivity contribution >= 4 is 63.1 Å². The Bertz CT molecular complexity index is 736. The summed E-state index contributed by atoms with van der Waals surface area (Å²) in [7, 11) is 5.85. The van der Waals surface area contributed by atoms with Crippen LogP contribution < -0.4 is 15.1 Å². The Hall–Kier alpha value is -1.21. The van der Waals surface area contributed by atoms with Crippen molar-refractivity contribution in [3.05, 3.63) is 16.9 Å². The average Bonchev–Trinajstić information content (AvgIpc) is 3.32. The van der Waals surface area contributed by atoms with Crippen LogP contribution in [0.5, 0.6) is 0 Å². The first-order chi connectivity index (χ1) is 12.6. The van der Waals surface area contributed by atoms with Crippen LogP contribution in [0.4, 0.5) is 10.3 Å². The monoisotopic (exact) mass is 522 g/mol. The number of hydrogen-bond acceptors (Lipinski definition) is 8. The van der Waals surface area contributed by atoms with Gasteiger partial charge in [0.05, 0.1) is 12.2 Å². The van der Waals surface area contributed by atoms with Crippen molar-refractivity contribution in [3.8, 4) is 0 Å². The molecular weight excluding hydrogens is 495 g/mol. The third-order valence-electron chi connectivity index (χ3n) is 4.18. The number of aliphatic imine (C=N–C) groups is 1. The molecule has 8 nitrogen and oxygen atoms in total. The van der Waals surface area contributed by atoms with Crippen LogP contribution in [-0.2, 0) is 13.0 Å². The molecular formula is C16H27IN8S2. The molecule has 0 atom stereocenters. The van der Waals surface area contributed by atoms with E-state index in [1.807, 2.05) is 26.0 Å². The molecule has 1 saturated heterocycles. The largest absolute Gasteiger partial charge is 0.354 e. The van der Waals surface area contributed by atoms with Crippen LogP contribution >= 0.6 is 46.8 Å². The molecule has 0 bridgehead atoms. The molecule has 2 aromatic rings. The van der Waals surface area contributed by atoms with Crippen molar-refractivity contribution in [3.63, 3.8) is 0 Å². The number of nitrogens with one attached hydrogen (secondary N) is 1. The summed E-state index contributed by atoms with van der Waals surface area (Å²) in [6.07, 6.45) is 0.888. The molecule has 1 aliphatic heterocycles. The number of rotatable bonds is 5. The maximum atomic E-state index is 4.61. The molecule has 0 spiro atoms. The molecule has 2 aromatic heterocycles. The van der Waals surface area contributed by atoms with Crippen molar-refractivity contribution < 1.29 is 0 Å². The summed E-state index contributed by atoms with van der Waals surface area (Å²) >= 11 is 3.15. The average molecular weight is 522 g/mol. The number of hydrogen-bond donors (Lipinski definition) is 1. The van der Waals surface area contributed by atoms with Gasteiger partial charge in [0.15, 0.2) is 11.1 Å². The fourth-order valence-corrected chi connectivity index (χ4v) is 4.27. The lowest BCUT2D eigenvalue weighted by molar-refractivity contribution is 0.372. The molecule has 0 aliphatic carbocycles. The van der Waals surface area contributed by atoms with Crippen molar-refractivity contribution in [2.24, 2.45) is 4.99 Å². The van der Waals surface area contributed by atoms with Crippen molar-refractivity contribution in [2.45, 2.75) is 19.9 Å². The van der Waals surface area contributed by atoms with Gasteiger partial charge in [0.1, 0.15) is 5.82 Å². The van der Waals surface area contributed by atoms with Crippen LogP contribution in [0.15, 0.2) is 10.4 Å². The number of piperazine rings is 1. The van der Waals surface area contributed by atoms with Crippen molar-refractivity contribution in [2.75, 3.05) is 57.1 Å². The van der Waals surface area contributed by atoms with Gasteiger partial charge in [-0.25, -0.2) is 9.97 Å². The highest BCUT2D eigenvalue weighted by molar-refractivity contribution is 14.0. The summed E-state index contributed by atoms with van der Waals surface area (Å²) in [5, 5.41) is 7.58.